The predicted molar refractivity (Wildman–Crippen MR) is 172 cm³/mol. The zero-order valence-electron chi connectivity index (χ0n) is 25.6. The van der Waals surface area contributed by atoms with Crippen LogP contribution < -0.4 is 15.0 Å². The van der Waals surface area contributed by atoms with E-state index in [2.05, 4.69) is 25.1 Å². The second kappa shape index (κ2) is 14.4. The number of anilines is 1. The van der Waals surface area contributed by atoms with E-state index in [1.54, 1.807) is 12.1 Å². The first kappa shape index (κ1) is 33.0. The second-order valence-corrected chi connectivity index (χ2v) is 12.4. The van der Waals surface area contributed by atoms with Gasteiger partial charge in [-0.1, -0.05) is 56.8 Å². The first-order chi connectivity index (χ1) is 21.9. The Kier molecular flexibility index (Phi) is 10.3. The number of amides is 2. The van der Waals surface area contributed by atoms with Gasteiger partial charge >= 0.3 is 12.4 Å². The quantitative estimate of drug-likeness (QED) is 0.184. The van der Waals surface area contributed by atoms with Gasteiger partial charge in [0.1, 0.15) is 17.9 Å². The number of carbonyl (C=O) groups is 1. The van der Waals surface area contributed by atoms with Crippen molar-refractivity contribution in [2.45, 2.75) is 45.9 Å². The molecule has 4 aromatic rings. The Labute approximate surface area is 268 Å². The van der Waals surface area contributed by atoms with E-state index in [0.29, 0.717) is 29.8 Å². The summed E-state index contributed by atoms with van der Waals surface area (Å²) in [5.74, 6) is 0.985. The van der Waals surface area contributed by atoms with Crippen molar-refractivity contribution in [1.29, 1.82) is 0 Å². The molecule has 0 bridgehead atoms. The standard InChI is InChI=1S/C33H34F4N6O2S/c1-21(2)28-18-25(34)9-14-29(28)42-15-4-16-46-32(42)40-31(44)38-19-22(3)17-23-5-7-24(8-6-23)30-39-20-43(41-30)26-10-12-27(13-11-26)45-33(35,36)37/h5-14,18,20-22H,4,15-17,19H2,1-3H3,(H,38,44). The molecule has 0 aliphatic carbocycles. The zero-order valence-corrected chi connectivity index (χ0v) is 26.4. The summed E-state index contributed by atoms with van der Waals surface area (Å²) in [6.45, 7) is 7.23. The van der Waals surface area contributed by atoms with Crippen molar-refractivity contribution in [3.63, 3.8) is 0 Å². The van der Waals surface area contributed by atoms with Gasteiger partial charge in [0.15, 0.2) is 11.0 Å². The number of aliphatic imine (C=N–C) groups is 1. The number of rotatable bonds is 9. The number of thioether (sulfide) groups is 1. The minimum atomic E-state index is -4.75. The van der Waals surface area contributed by atoms with Crippen molar-refractivity contribution >= 4 is 28.6 Å². The lowest BCUT2D eigenvalue weighted by Crippen LogP contribution is -2.37. The minimum absolute atomic E-state index is 0.118. The van der Waals surface area contributed by atoms with Crippen LogP contribution in [0, 0.1) is 11.7 Å². The van der Waals surface area contributed by atoms with Crippen LogP contribution in [0.2, 0.25) is 0 Å². The molecule has 1 aliphatic rings. The maximum absolute atomic E-state index is 14.0. The molecule has 1 atom stereocenters. The van der Waals surface area contributed by atoms with Crippen LogP contribution in [-0.2, 0) is 6.42 Å². The van der Waals surface area contributed by atoms with Gasteiger partial charge in [0.25, 0.3) is 0 Å². The Balaban J connectivity index is 1.15. The predicted octanol–water partition coefficient (Wildman–Crippen LogP) is 7.98. The van der Waals surface area contributed by atoms with E-state index >= 15 is 0 Å². The molecule has 3 aromatic carbocycles. The van der Waals surface area contributed by atoms with Crippen molar-refractivity contribution in [2.75, 3.05) is 23.7 Å². The summed E-state index contributed by atoms with van der Waals surface area (Å²) in [5.41, 5.74) is 4.15. The SMILES string of the molecule is CC(CNC(=O)N=C1SCCCN1c1ccc(F)cc1C(C)C)Cc1ccc(-c2ncn(-c3ccc(OC(F)(F)F)cc3)n2)cc1. The lowest BCUT2D eigenvalue weighted by Gasteiger charge is -2.32. The van der Waals surface area contributed by atoms with Crippen molar-refractivity contribution in [3.8, 4) is 22.8 Å². The fourth-order valence-electron chi connectivity index (χ4n) is 5.08. The molecule has 8 nitrogen and oxygen atoms in total. The van der Waals surface area contributed by atoms with Gasteiger partial charge in [-0.3, -0.25) is 0 Å². The number of benzene rings is 3. The van der Waals surface area contributed by atoms with Crippen LogP contribution in [0.5, 0.6) is 5.75 Å². The number of carbonyl (C=O) groups excluding carboxylic acids is 1. The van der Waals surface area contributed by atoms with Crippen molar-refractivity contribution in [2.24, 2.45) is 10.9 Å². The lowest BCUT2D eigenvalue weighted by molar-refractivity contribution is -0.274. The molecule has 0 spiro atoms. The van der Waals surface area contributed by atoms with E-state index in [9.17, 15) is 22.4 Å². The second-order valence-electron chi connectivity index (χ2n) is 11.4. The molecule has 0 saturated carbocycles. The van der Waals surface area contributed by atoms with Crippen LogP contribution in [0.3, 0.4) is 0 Å². The zero-order chi connectivity index (χ0) is 32.8. The van der Waals surface area contributed by atoms with Gasteiger partial charge in [-0.25, -0.2) is 18.9 Å². The molecule has 242 valence electrons. The number of nitrogens with zero attached hydrogens (tertiary/aromatic N) is 5. The molecular formula is C33H34F4N6O2S. The fourth-order valence-corrected chi connectivity index (χ4v) is 6.03. The highest BCUT2D eigenvalue weighted by molar-refractivity contribution is 8.14. The van der Waals surface area contributed by atoms with Gasteiger partial charge in [0.05, 0.1) is 5.69 Å². The van der Waals surface area contributed by atoms with Crippen LogP contribution in [0.4, 0.5) is 28.0 Å². The van der Waals surface area contributed by atoms with Crippen LogP contribution in [0.1, 0.15) is 44.2 Å². The molecule has 0 radical (unpaired) electrons. The molecule has 1 aromatic heterocycles. The van der Waals surface area contributed by atoms with E-state index in [1.165, 1.54) is 53.1 Å². The summed E-state index contributed by atoms with van der Waals surface area (Å²) in [7, 11) is 0. The molecular weight excluding hydrogens is 620 g/mol. The maximum Gasteiger partial charge on any atom is 0.573 e. The van der Waals surface area contributed by atoms with Gasteiger partial charge in [0.2, 0.25) is 0 Å². The molecule has 2 heterocycles. The number of ether oxygens (including phenoxy) is 1. The Morgan fingerprint density at radius 2 is 1.80 bits per heavy atom. The molecule has 1 fully saturated rings. The average molecular weight is 655 g/mol. The van der Waals surface area contributed by atoms with Crippen LogP contribution in [-0.4, -0.2) is 51.2 Å². The number of hydrogen-bond donors (Lipinski definition) is 1. The summed E-state index contributed by atoms with van der Waals surface area (Å²) < 4.78 is 56.6. The van der Waals surface area contributed by atoms with Crippen molar-refractivity contribution in [1.82, 2.24) is 20.1 Å². The van der Waals surface area contributed by atoms with Gasteiger partial charge < -0.3 is 15.0 Å². The van der Waals surface area contributed by atoms with Crippen LogP contribution in [0.15, 0.2) is 78.0 Å². The average Bonchev–Trinajstić information content (AvgIpc) is 3.51. The van der Waals surface area contributed by atoms with Crippen molar-refractivity contribution in [3.05, 3.63) is 90.0 Å². The number of urea groups is 1. The first-order valence-electron chi connectivity index (χ1n) is 14.9. The highest BCUT2D eigenvalue weighted by Crippen LogP contribution is 2.33. The number of amidine groups is 1. The van der Waals surface area contributed by atoms with E-state index in [1.807, 2.05) is 49.9 Å². The normalized spacial score (nSPS) is 15.3. The Bertz CT molecular complexity index is 1670. The van der Waals surface area contributed by atoms with E-state index in [-0.39, 0.29) is 23.4 Å². The summed E-state index contributed by atoms with van der Waals surface area (Å²) in [4.78, 5) is 23.5. The smallest absolute Gasteiger partial charge is 0.406 e. The molecule has 2 amide bonds. The van der Waals surface area contributed by atoms with Crippen LogP contribution in [0.25, 0.3) is 17.1 Å². The molecule has 1 saturated heterocycles. The van der Waals surface area contributed by atoms with E-state index in [0.717, 1.165) is 41.0 Å². The van der Waals surface area contributed by atoms with Crippen molar-refractivity contribution < 1.29 is 27.1 Å². The van der Waals surface area contributed by atoms with E-state index in [4.69, 9.17) is 0 Å². The third-order valence-corrected chi connectivity index (χ3v) is 8.38. The number of alkyl halides is 3. The third kappa shape index (κ3) is 8.65. The van der Waals surface area contributed by atoms with Crippen LogP contribution >= 0.6 is 11.8 Å². The largest absolute Gasteiger partial charge is 0.573 e. The summed E-state index contributed by atoms with van der Waals surface area (Å²) in [6, 6.07) is 17.5. The molecule has 1 N–H and O–H groups in total. The lowest BCUT2D eigenvalue weighted by atomic mass is 10.00. The first-order valence-corrected chi connectivity index (χ1v) is 15.9. The highest BCUT2D eigenvalue weighted by Gasteiger charge is 2.31. The molecule has 5 rings (SSSR count). The Morgan fingerprint density at radius 3 is 2.50 bits per heavy atom. The van der Waals surface area contributed by atoms with Gasteiger partial charge in [-0.05, 0) is 78.3 Å². The number of aromatic nitrogens is 3. The van der Waals surface area contributed by atoms with Gasteiger partial charge in [-0.2, -0.15) is 4.99 Å². The molecule has 1 unspecified atom stereocenters. The van der Waals surface area contributed by atoms with E-state index < -0.39 is 12.4 Å². The number of halogens is 4. The monoisotopic (exact) mass is 654 g/mol. The van der Waals surface area contributed by atoms with Gasteiger partial charge in [-0.15, -0.1) is 18.3 Å². The number of nitrogens with one attached hydrogen (secondary N) is 1. The maximum atomic E-state index is 14.0. The fraction of sp³-hybridized carbons (Fsp3) is 0.333. The molecule has 46 heavy (non-hydrogen) atoms. The molecule has 13 heteroatoms. The summed E-state index contributed by atoms with van der Waals surface area (Å²) in [6.07, 6.45) is -1.60. The minimum Gasteiger partial charge on any atom is -0.406 e. The highest BCUT2D eigenvalue weighted by atomic mass is 32.2. The number of hydrogen-bond acceptors (Lipinski definition) is 5. The Morgan fingerprint density at radius 1 is 1.07 bits per heavy atom. The Hall–Kier alpha value is -4.39. The topological polar surface area (TPSA) is 84.6 Å². The summed E-state index contributed by atoms with van der Waals surface area (Å²) >= 11 is 1.53. The van der Waals surface area contributed by atoms with Gasteiger partial charge in [0, 0.05) is 30.1 Å². The molecule has 1 aliphatic heterocycles. The summed E-state index contributed by atoms with van der Waals surface area (Å²) in [5, 5.41) is 7.99. The third-order valence-electron chi connectivity index (χ3n) is 7.31.